The zero-order valence-corrected chi connectivity index (χ0v) is 24.3. The van der Waals surface area contributed by atoms with Crippen molar-refractivity contribution in [2.75, 3.05) is 0 Å². The number of benzene rings is 2. The third-order valence-corrected chi connectivity index (χ3v) is 9.31. The second-order valence-corrected chi connectivity index (χ2v) is 11.9. The van der Waals surface area contributed by atoms with Crippen molar-refractivity contribution in [3.05, 3.63) is 105 Å². The van der Waals surface area contributed by atoms with Gasteiger partial charge in [0.1, 0.15) is 5.75 Å². The third-order valence-electron chi connectivity index (χ3n) is 9.31. The Bertz CT molecular complexity index is 1590. The van der Waals surface area contributed by atoms with E-state index in [0.29, 0.717) is 42.5 Å². The van der Waals surface area contributed by atoms with Crippen LogP contribution in [0.15, 0.2) is 71.9 Å². The van der Waals surface area contributed by atoms with Crippen molar-refractivity contribution in [1.29, 1.82) is 0 Å². The Morgan fingerprint density at radius 3 is 2.38 bits per heavy atom. The van der Waals surface area contributed by atoms with Gasteiger partial charge in [-0.05, 0) is 110 Å². The first-order valence-electron chi connectivity index (χ1n) is 14.9. The second kappa shape index (κ2) is 11.5. The maximum Gasteiger partial charge on any atom is 0.455 e. The van der Waals surface area contributed by atoms with Crippen molar-refractivity contribution >= 4 is 30.3 Å². The van der Waals surface area contributed by atoms with Crippen molar-refractivity contribution in [2.24, 2.45) is 17.8 Å². The number of carbonyl (C=O) groups is 2. The molecule has 6 nitrogen and oxygen atoms in total. The second-order valence-electron chi connectivity index (χ2n) is 11.9. The normalized spacial score (nSPS) is 23.9. The molecule has 0 amide bonds. The van der Waals surface area contributed by atoms with Crippen molar-refractivity contribution in [1.82, 2.24) is 4.98 Å². The van der Waals surface area contributed by atoms with E-state index >= 15 is 0 Å². The predicted octanol–water partition coefficient (Wildman–Crippen LogP) is 6.64. The highest BCUT2D eigenvalue weighted by Gasteiger charge is 2.53. The molecule has 1 saturated heterocycles. The number of aromatic hydroxyl groups is 1. The van der Waals surface area contributed by atoms with Crippen LogP contribution < -0.4 is 0 Å². The van der Waals surface area contributed by atoms with Crippen LogP contribution in [0.4, 0.5) is 0 Å². The van der Waals surface area contributed by atoms with Gasteiger partial charge in [0.05, 0.1) is 11.8 Å². The van der Waals surface area contributed by atoms with Crippen LogP contribution in [-0.4, -0.2) is 39.9 Å². The van der Waals surface area contributed by atoms with Crippen LogP contribution >= 0.6 is 0 Å². The molecule has 4 atom stereocenters. The van der Waals surface area contributed by atoms with Crippen molar-refractivity contribution < 1.29 is 24.4 Å². The third kappa shape index (κ3) is 5.05. The largest absolute Gasteiger partial charge is 0.507 e. The number of carbonyl (C=O) groups excluding carboxylic acids is 2. The molecular weight excluding hydrogens is 525 g/mol. The number of Topliss-reactive ketones (excluding diaryl/α,β-unsaturated/α-hetero) is 2. The van der Waals surface area contributed by atoms with E-state index in [9.17, 15) is 19.7 Å². The molecule has 3 aromatic rings. The van der Waals surface area contributed by atoms with Crippen molar-refractivity contribution in [2.45, 2.75) is 58.9 Å². The smallest absolute Gasteiger partial charge is 0.455 e. The fourth-order valence-electron chi connectivity index (χ4n) is 7.39. The summed E-state index contributed by atoms with van der Waals surface area (Å²) in [5.74, 6) is -0.762. The van der Waals surface area contributed by atoms with E-state index in [0.717, 1.165) is 40.0 Å². The van der Waals surface area contributed by atoms with Gasteiger partial charge in [-0.3, -0.25) is 14.6 Å². The summed E-state index contributed by atoms with van der Waals surface area (Å²) in [5.41, 5.74) is 7.77. The number of aryl methyl sites for hydroxylation is 2. The summed E-state index contributed by atoms with van der Waals surface area (Å²) in [4.78, 5) is 32.1. The Morgan fingerprint density at radius 1 is 1.02 bits per heavy atom. The monoisotopic (exact) mass is 561 g/mol. The Labute approximate surface area is 247 Å². The summed E-state index contributed by atoms with van der Waals surface area (Å²) in [6.07, 6.45) is 6.36. The summed E-state index contributed by atoms with van der Waals surface area (Å²) < 4.78 is 6.21. The summed E-state index contributed by atoms with van der Waals surface area (Å²) in [5, 5.41) is 21.2. The zero-order chi connectivity index (χ0) is 29.5. The van der Waals surface area contributed by atoms with E-state index in [1.807, 2.05) is 56.3 Å². The van der Waals surface area contributed by atoms with E-state index in [-0.39, 0.29) is 23.6 Å². The summed E-state index contributed by atoms with van der Waals surface area (Å²) in [7, 11) is -1.01. The Morgan fingerprint density at radius 2 is 1.71 bits per heavy atom. The molecule has 0 bridgehead atoms. The predicted molar refractivity (Wildman–Crippen MR) is 164 cm³/mol. The highest BCUT2D eigenvalue weighted by atomic mass is 16.5. The number of rotatable bonds is 6. The molecule has 1 fully saturated rings. The average molecular weight is 561 g/mol. The molecule has 2 aromatic carbocycles. The summed E-state index contributed by atoms with van der Waals surface area (Å²) in [6, 6.07) is 16.9. The number of pyridine rings is 1. The number of hydrogen-bond donors (Lipinski definition) is 2. The first-order valence-corrected chi connectivity index (χ1v) is 14.9. The molecule has 3 aliphatic rings. The highest BCUT2D eigenvalue weighted by Crippen LogP contribution is 2.51. The minimum absolute atomic E-state index is 0.00726. The molecule has 214 valence electrons. The van der Waals surface area contributed by atoms with Gasteiger partial charge < -0.3 is 14.8 Å². The Balaban J connectivity index is 1.35. The standard InChI is InChI=1S/C35H36BNO5/c1-4-23-18-27-32(35(40)26-10-6-5-9-25(26)34(27)39)28-19-36(41)42-30(31(23)28)13-12-24(29-11-7-8-14-37-29)17-22-15-20(2)33(38)21(3)16-22/h5-11,14-17,27-28,30,32,38,41H,4,12-13,18-19H2,1-3H3/b24-17-/t27-,28+,30-,32-/m1/s1. The van der Waals surface area contributed by atoms with Gasteiger partial charge in [-0.2, -0.15) is 0 Å². The number of fused-ring (bicyclic) bond motifs is 4. The lowest BCUT2D eigenvalue weighted by Gasteiger charge is -2.47. The van der Waals surface area contributed by atoms with Gasteiger partial charge in [-0.25, -0.2) is 0 Å². The fourth-order valence-corrected chi connectivity index (χ4v) is 7.39. The number of nitrogens with zero attached hydrogens (tertiary/aromatic N) is 1. The van der Waals surface area contributed by atoms with Crippen LogP contribution in [0.25, 0.3) is 11.6 Å². The van der Waals surface area contributed by atoms with Crippen LogP contribution in [0.1, 0.15) is 75.7 Å². The lowest BCUT2D eigenvalue weighted by Crippen LogP contribution is -2.50. The number of phenolic OH excluding ortho intramolecular Hbond substituents is 1. The van der Waals surface area contributed by atoms with Crippen LogP contribution in [0.5, 0.6) is 5.75 Å². The lowest BCUT2D eigenvalue weighted by molar-refractivity contribution is 0.0600. The summed E-state index contributed by atoms with van der Waals surface area (Å²) in [6.45, 7) is 5.88. The molecule has 42 heavy (non-hydrogen) atoms. The lowest BCUT2D eigenvalue weighted by atomic mass is 9.54. The average Bonchev–Trinajstić information content (AvgIpc) is 3.00. The molecule has 1 aliphatic heterocycles. The molecular formula is C35H36BNO5. The number of phenols is 1. The van der Waals surface area contributed by atoms with E-state index < -0.39 is 19.0 Å². The topological polar surface area (TPSA) is 96.7 Å². The van der Waals surface area contributed by atoms with Gasteiger partial charge in [0.15, 0.2) is 11.6 Å². The van der Waals surface area contributed by atoms with Crippen LogP contribution in [0, 0.1) is 31.6 Å². The van der Waals surface area contributed by atoms with Gasteiger partial charge >= 0.3 is 7.12 Å². The van der Waals surface area contributed by atoms with Gasteiger partial charge in [-0.15, -0.1) is 0 Å². The minimum Gasteiger partial charge on any atom is -0.507 e. The molecule has 2 aliphatic carbocycles. The van der Waals surface area contributed by atoms with Gasteiger partial charge in [-0.1, -0.05) is 42.8 Å². The van der Waals surface area contributed by atoms with E-state index in [1.54, 1.807) is 18.3 Å². The van der Waals surface area contributed by atoms with Crippen LogP contribution in [0.3, 0.4) is 0 Å². The van der Waals surface area contributed by atoms with Crippen molar-refractivity contribution in [3.8, 4) is 5.75 Å². The zero-order valence-electron chi connectivity index (χ0n) is 24.3. The van der Waals surface area contributed by atoms with Gasteiger partial charge in [0, 0.05) is 29.2 Å². The number of ketones is 2. The maximum atomic E-state index is 13.9. The van der Waals surface area contributed by atoms with Gasteiger partial charge in [0.2, 0.25) is 0 Å². The molecule has 0 radical (unpaired) electrons. The van der Waals surface area contributed by atoms with Crippen molar-refractivity contribution in [3.63, 3.8) is 0 Å². The number of allylic oxidation sites excluding steroid dienone is 2. The number of aromatic nitrogens is 1. The fraction of sp³-hybridized carbons (Fsp3) is 0.343. The summed E-state index contributed by atoms with van der Waals surface area (Å²) >= 11 is 0. The molecule has 7 heteroatoms. The molecule has 6 rings (SSSR count). The Hall–Kier alpha value is -3.81. The molecule has 0 saturated carbocycles. The van der Waals surface area contributed by atoms with Gasteiger partial charge in [0.25, 0.3) is 0 Å². The highest BCUT2D eigenvalue weighted by molar-refractivity contribution is 6.43. The maximum absolute atomic E-state index is 13.9. The van der Waals surface area contributed by atoms with E-state index in [4.69, 9.17) is 4.65 Å². The van der Waals surface area contributed by atoms with E-state index in [1.165, 1.54) is 5.57 Å². The van der Waals surface area contributed by atoms with E-state index in [2.05, 4.69) is 18.0 Å². The molecule has 0 spiro atoms. The minimum atomic E-state index is -1.01. The molecule has 0 unspecified atom stereocenters. The first-order chi connectivity index (χ1) is 20.3. The SMILES string of the molecule is CCC1=C2[C@@H](CC/C(=C/c3cc(C)c(O)c(C)c3)c3ccccn3)OB(O)C[C@@H]2[C@@H]2C(=O)c3ccccc3C(=O)[C@@H]2C1. The first kappa shape index (κ1) is 28.3. The van der Waals surface area contributed by atoms with Crippen LogP contribution in [0.2, 0.25) is 6.32 Å². The molecule has 1 aromatic heterocycles. The Kier molecular flexibility index (Phi) is 7.73. The van der Waals surface area contributed by atoms with Crippen LogP contribution in [-0.2, 0) is 4.65 Å². The quantitative estimate of drug-likeness (QED) is 0.259. The number of hydrogen-bond acceptors (Lipinski definition) is 6. The molecule has 2 N–H and O–H groups in total. The molecule has 2 heterocycles.